The smallest absolute Gasteiger partial charge is 0.301 e. The second-order valence-corrected chi connectivity index (χ2v) is 15.5. The first-order chi connectivity index (χ1) is 20.5. The van der Waals surface area contributed by atoms with Crippen LogP contribution in [-0.4, -0.2) is 75.0 Å². The number of likely N-dealkylation sites (N-methyl/N-ethyl adjacent to an activating group) is 1. The molecule has 0 aromatic heterocycles. The zero-order valence-electron chi connectivity index (χ0n) is 24.0. The highest BCUT2D eigenvalue weighted by Gasteiger charge is 2.73. The van der Waals surface area contributed by atoms with Crippen LogP contribution in [0.5, 0.6) is 11.5 Å². The number of ether oxygens (including phenoxy) is 2. The number of hydrogen-bond acceptors (Lipinski definition) is 7. The van der Waals surface area contributed by atoms with Gasteiger partial charge in [-0.1, -0.05) is 42.5 Å². The van der Waals surface area contributed by atoms with Crippen molar-refractivity contribution >= 4 is 25.9 Å². The van der Waals surface area contributed by atoms with Crippen molar-refractivity contribution in [2.45, 2.75) is 66.2 Å². The number of benzene rings is 3. The molecule has 228 valence electrons. The van der Waals surface area contributed by atoms with Gasteiger partial charge in [-0.05, 0) is 68.0 Å². The van der Waals surface area contributed by atoms with Crippen LogP contribution in [0.3, 0.4) is 0 Å². The van der Waals surface area contributed by atoms with Gasteiger partial charge in [0.15, 0.2) is 11.5 Å². The molecule has 0 unspecified atom stereocenters. The van der Waals surface area contributed by atoms with Crippen LogP contribution in [0.1, 0.15) is 36.8 Å². The molecule has 2 bridgehead atoms. The average Bonchev–Trinajstić information content (AvgIpc) is 3.33. The van der Waals surface area contributed by atoms with Crippen LogP contribution in [-0.2, 0) is 32.1 Å². The van der Waals surface area contributed by atoms with E-state index in [2.05, 4.69) is 4.72 Å². The summed E-state index contributed by atoms with van der Waals surface area (Å²) in [7, 11) is -4.86. The fourth-order valence-electron chi connectivity index (χ4n) is 8.15. The molecule has 2 aliphatic carbocycles. The highest BCUT2D eigenvalue weighted by molar-refractivity contribution is 7.90. The summed E-state index contributed by atoms with van der Waals surface area (Å²) in [6, 6.07) is 19.3. The summed E-state index contributed by atoms with van der Waals surface area (Å²) in [5.74, 6) is 1.02. The van der Waals surface area contributed by atoms with Crippen molar-refractivity contribution in [2.24, 2.45) is 0 Å². The van der Waals surface area contributed by atoms with Crippen molar-refractivity contribution in [3.8, 4) is 11.5 Å². The lowest BCUT2D eigenvalue weighted by Crippen LogP contribution is -2.74. The Bertz CT molecular complexity index is 1770. The molecule has 2 fully saturated rings. The number of methoxy groups -OCH3 is 1. The molecule has 1 spiro atoms. The van der Waals surface area contributed by atoms with Crippen LogP contribution in [0.2, 0.25) is 0 Å². The van der Waals surface area contributed by atoms with Gasteiger partial charge in [0, 0.05) is 24.8 Å². The summed E-state index contributed by atoms with van der Waals surface area (Å²) >= 11 is 0. The van der Waals surface area contributed by atoms with Crippen molar-refractivity contribution in [1.29, 1.82) is 0 Å². The van der Waals surface area contributed by atoms with Gasteiger partial charge in [-0.2, -0.15) is 17.0 Å². The summed E-state index contributed by atoms with van der Waals surface area (Å²) in [6.07, 6.45) is 0.902. The first kappa shape index (κ1) is 28.6. The molecule has 2 heterocycles. The SMILES string of the molecule is COc1ccc2c3c1O[C@H]1[C@H](N(C)S(=O)(=O)Nc4ccccc4)CC[C@@]4(O)[C@@H](C2)N(S(=O)(=O)c2ccccc2)CCC[C@]314. The second kappa shape index (κ2) is 9.93. The summed E-state index contributed by atoms with van der Waals surface area (Å²) in [6.45, 7) is 0.230. The number of para-hydroxylation sites is 1. The highest BCUT2D eigenvalue weighted by atomic mass is 32.2. The van der Waals surface area contributed by atoms with E-state index >= 15 is 0 Å². The van der Waals surface area contributed by atoms with Crippen molar-refractivity contribution in [2.75, 3.05) is 25.4 Å². The minimum absolute atomic E-state index is 0.182. The first-order valence-corrected chi connectivity index (χ1v) is 17.4. The standard InChI is InChI=1S/C31H35N3O7S2/c1-33(43(38,39)32-22-10-5-3-6-11-22)24-16-18-31(35)26-20-21-14-15-25(40-2)28-27(21)30(31,29(24)41-28)17-9-19-34(26)42(36,37)23-12-7-4-8-13-23/h3-8,10-15,24,26,29,32,35H,9,16-20H2,1-2H3/t24-,26-,29+,30+,31-/m1/s1. The Balaban J connectivity index is 1.36. The van der Waals surface area contributed by atoms with Crippen LogP contribution in [0.15, 0.2) is 77.7 Å². The minimum atomic E-state index is -4.01. The van der Waals surface area contributed by atoms with Gasteiger partial charge in [-0.15, -0.1) is 0 Å². The predicted molar refractivity (Wildman–Crippen MR) is 161 cm³/mol. The highest BCUT2D eigenvalue weighted by Crippen LogP contribution is 2.66. The minimum Gasteiger partial charge on any atom is -0.493 e. The predicted octanol–water partition coefficient (Wildman–Crippen LogP) is 3.29. The van der Waals surface area contributed by atoms with Crippen LogP contribution >= 0.6 is 0 Å². The summed E-state index contributed by atoms with van der Waals surface area (Å²) in [5, 5.41) is 13.0. The summed E-state index contributed by atoms with van der Waals surface area (Å²) in [5.41, 5.74) is -0.407. The molecule has 0 amide bonds. The number of anilines is 1. The number of sulfonamides is 1. The molecule has 2 aliphatic heterocycles. The number of aliphatic hydroxyl groups is 1. The van der Waals surface area contributed by atoms with E-state index in [9.17, 15) is 21.9 Å². The third-order valence-electron chi connectivity index (χ3n) is 10.0. The quantitative estimate of drug-likeness (QED) is 0.413. The van der Waals surface area contributed by atoms with Gasteiger partial charge in [-0.25, -0.2) is 8.42 Å². The number of nitrogens with zero attached hydrogens (tertiary/aromatic N) is 2. The molecule has 1 saturated heterocycles. The topological polar surface area (TPSA) is 125 Å². The van der Waals surface area contributed by atoms with E-state index in [4.69, 9.17) is 9.47 Å². The molecule has 43 heavy (non-hydrogen) atoms. The molecule has 3 aromatic carbocycles. The number of hydrogen-bond donors (Lipinski definition) is 2. The zero-order valence-corrected chi connectivity index (χ0v) is 25.6. The van der Waals surface area contributed by atoms with Gasteiger partial charge in [0.1, 0.15) is 6.10 Å². The van der Waals surface area contributed by atoms with E-state index < -0.39 is 49.4 Å². The fraction of sp³-hybridized carbons (Fsp3) is 0.419. The number of rotatable bonds is 7. The molecular weight excluding hydrogens is 590 g/mol. The molecule has 2 N–H and O–H groups in total. The monoisotopic (exact) mass is 625 g/mol. The van der Waals surface area contributed by atoms with Crippen LogP contribution in [0.4, 0.5) is 5.69 Å². The molecule has 5 atom stereocenters. The van der Waals surface area contributed by atoms with Gasteiger partial charge in [0.2, 0.25) is 10.0 Å². The third kappa shape index (κ3) is 4.00. The van der Waals surface area contributed by atoms with E-state index in [0.29, 0.717) is 36.4 Å². The molecule has 10 nitrogen and oxygen atoms in total. The molecule has 4 aliphatic rings. The van der Waals surface area contributed by atoms with E-state index in [1.165, 1.54) is 15.7 Å². The molecule has 1 saturated carbocycles. The molecule has 3 aromatic rings. The Labute approximate surface area is 252 Å². The molecule has 7 rings (SSSR count). The fourth-order valence-corrected chi connectivity index (χ4v) is 11.0. The first-order valence-electron chi connectivity index (χ1n) is 14.5. The van der Waals surface area contributed by atoms with Crippen molar-refractivity contribution in [1.82, 2.24) is 8.61 Å². The van der Waals surface area contributed by atoms with E-state index in [0.717, 1.165) is 11.1 Å². The lowest BCUT2D eigenvalue weighted by atomic mass is 9.50. The van der Waals surface area contributed by atoms with E-state index in [1.54, 1.807) is 67.8 Å². The Morgan fingerprint density at radius 3 is 2.40 bits per heavy atom. The second-order valence-electron chi connectivity index (χ2n) is 11.9. The van der Waals surface area contributed by atoms with Gasteiger partial charge in [0.25, 0.3) is 0 Å². The molecule has 0 radical (unpaired) electrons. The lowest BCUT2D eigenvalue weighted by Gasteiger charge is -2.59. The normalized spacial score (nSPS) is 29.8. The maximum Gasteiger partial charge on any atom is 0.301 e. The van der Waals surface area contributed by atoms with Crippen LogP contribution in [0.25, 0.3) is 0 Å². The van der Waals surface area contributed by atoms with Crippen LogP contribution in [0, 0.1) is 0 Å². The molecule has 12 heteroatoms. The van der Waals surface area contributed by atoms with E-state index in [1.807, 2.05) is 12.1 Å². The third-order valence-corrected chi connectivity index (χ3v) is 13.5. The van der Waals surface area contributed by atoms with E-state index in [-0.39, 0.29) is 24.3 Å². The Kier molecular flexibility index (Phi) is 6.60. The Morgan fingerprint density at radius 1 is 1.00 bits per heavy atom. The van der Waals surface area contributed by atoms with Crippen LogP contribution < -0.4 is 14.2 Å². The maximum absolute atomic E-state index is 14.1. The average molecular weight is 626 g/mol. The van der Waals surface area contributed by atoms with Crippen molar-refractivity contribution < 1.29 is 31.4 Å². The van der Waals surface area contributed by atoms with Gasteiger partial charge >= 0.3 is 10.2 Å². The Hall–Kier alpha value is -3.16. The van der Waals surface area contributed by atoms with Crippen molar-refractivity contribution in [3.63, 3.8) is 0 Å². The zero-order chi connectivity index (χ0) is 30.2. The number of nitrogens with one attached hydrogen (secondary N) is 1. The van der Waals surface area contributed by atoms with Crippen molar-refractivity contribution in [3.05, 3.63) is 83.9 Å². The van der Waals surface area contributed by atoms with Gasteiger partial charge < -0.3 is 14.6 Å². The van der Waals surface area contributed by atoms with Gasteiger partial charge in [-0.3, -0.25) is 4.72 Å². The Morgan fingerprint density at radius 2 is 1.70 bits per heavy atom. The lowest BCUT2D eigenvalue weighted by molar-refractivity contribution is -0.153. The van der Waals surface area contributed by atoms with Gasteiger partial charge in [0.05, 0.1) is 35.1 Å². The summed E-state index contributed by atoms with van der Waals surface area (Å²) < 4.78 is 73.5. The summed E-state index contributed by atoms with van der Waals surface area (Å²) in [4.78, 5) is 0.182. The largest absolute Gasteiger partial charge is 0.493 e. The maximum atomic E-state index is 14.1. The molecular formula is C31H35N3O7S2.